The van der Waals surface area contributed by atoms with Crippen molar-refractivity contribution in [2.75, 3.05) is 12.3 Å². The molecule has 5 N–H and O–H groups in total. The van der Waals surface area contributed by atoms with Crippen molar-refractivity contribution < 1.29 is 29.2 Å². The maximum Gasteiger partial charge on any atom is 0.307 e. The zero-order valence-corrected chi connectivity index (χ0v) is 18.5. The molecule has 1 fully saturated rings. The molecule has 1 saturated heterocycles. The molecule has 0 saturated carbocycles. The van der Waals surface area contributed by atoms with Gasteiger partial charge in [-0.2, -0.15) is 0 Å². The lowest BCUT2D eigenvalue weighted by Gasteiger charge is -2.34. The van der Waals surface area contributed by atoms with Crippen LogP contribution < -0.4 is 5.73 Å². The molecule has 1 aliphatic rings. The third-order valence-electron chi connectivity index (χ3n) is 6.30. The van der Waals surface area contributed by atoms with Gasteiger partial charge in [0.1, 0.15) is 18.5 Å². The van der Waals surface area contributed by atoms with Gasteiger partial charge < -0.3 is 25.8 Å². The number of halogens is 1. The average Bonchev–Trinajstić information content (AvgIpc) is 3.32. The number of aliphatic hydroxyl groups excluding tert-OH is 1. The van der Waals surface area contributed by atoms with Crippen LogP contribution in [0.2, 0.25) is 0 Å². The molecular formula is C22H30FN5O5. The molecule has 0 amide bonds. The summed E-state index contributed by atoms with van der Waals surface area (Å²) in [5, 5.41) is 31.2. The number of nitrogens with two attached hydrogens (primary N) is 1. The number of hydrogen-bond acceptors (Lipinski definition) is 8. The molecule has 33 heavy (non-hydrogen) atoms. The fraction of sp³-hybridized carbons (Fsp3) is 0.636. The van der Waals surface area contributed by atoms with Crippen molar-refractivity contribution in [1.29, 1.82) is 0 Å². The average molecular weight is 464 g/mol. The van der Waals surface area contributed by atoms with Crippen LogP contribution in [-0.2, 0) is 9.53 Å². The zero-order chi connectivity index (χ0) is 24.2. The van der Waals surface area contributed by atoms with Crippen LogP contribution in [0.1, 0.15) is 58.1 Å². The number of carboxylic acids is 1. The third kappa shape index (κ3) is 4.51. The van der Waals surface area contributed by atoms with Gasteiger partial charge in [-0.1, -0.05) is 51.4 Å². The largest absolute Gasteiger partial charge is 0.481 e. The summed E-state index contributed by atoms with van der Waals surface area (Å²) in [7, 11) is 0. The molecule has 0 aromatic carbocycles. The smallest absolute Gasteiger partial charge is 0.307 e. The molecule has 4 unspecified atom stereocenters. The van der Waals surface area contributed by atoms with Gasteiger partial charge in [-0.05, 0) is 6.42 Å². The summed E-state index contributed by atoms with van der Waals surface area (Å²) in [6.07, 6.45) is 11.8. The van der Waals surface area contributed by atoms with E-state index in [0.29, 0.717) is 6.42 Å². The minimum Gasteiger partial charge on any atom is -0.481 e. The summed E-state index contributed by atoms with van der Waals surface area (Å²) in [5.74, 6) is -5.18. The van der Waals surface area contributed by atoms with Crippen LogP contribution >= 0.6 is 0 Å². The van der Waals surface area contributed by atoms with Crippen molar-refractivity contribution in [2.24, 2.45) is 11.8 Å². The second-order valence-electron chi connectivity index (χ2n) is 8.45. The number of unbranched alkanes of at least 4 members (excludes halogenated alkanes) is 5. The maximum atomic E-state index is 15.9. The van der Waals surface area contributed by atoms with E-state index in [0.717, 1.165) is 38.4 Å². The number of ether oxygens (including phenoxy) is 1. The van der Waals surface area contributed by atoms with E-state index in [1.54, 1.807) is 0 Å². The predicted octanol–water partition coefficient (Wildman–Crippen LogP) is 2.03. The van der Waals surface area contributed by atoms with E-state index in [-0.39, 0.29) is 23.4 Å². The molecule has 1 aliphatic heterocycles. The fourth-order valence-electron chi connectivity index (χ4n) is 4.62. The summed E-state index contributed by atoms with van der Waals surface area (Å²) >= 11 is 0. The number of carboxylic acid groups (broad SMARTS) is 1. The number of aliphatic carboxylic acids is 1. The van der Waals surface area contributed by atoms with E-state index in [2.05, 4.69) is 27.8 Å². The number of carbonyl (C=O) groups is 1. The van der Waals surface area contributed by atoms with Gasteiger partial charge in [0.05, 0.1) is 18.2 Å². The fourth-order valence-corrected chi connectivity index (χ4v) is 4.62. The van der Waals surface area contributed by atoms with Gasteiger partial charge in [0.25, 0.3) is 0 Å². The highest BCUT2D eigenvalue weighted by Crippen LogP contribution is 2.54. The van der Waals surface area contributed by atoms with E-state index < -0.39 is 42.1 Å². The van der Waals surface area contributed by atoms with E-state index in [4.69, 9.17) is 16.9 Å². The first-order valence-corrected chi connectivity index (χ1v) is 11.1. The first kappa shape index (κ1) is 24.8. The molecule has 10 nitrogen and oxygen atoms in total. The predicted molar refractivity (Wildman–Crippen MR) is 117 cm³/mol. The number of aromatic nitrogens is 4. The highest BCUT2D eigenvalue weighted by molar-refractivity contribution is 5.81. The van der Waals surface area contributed by atoms with Gasteiger partial charge in [-0.25, -0.2) is 19.3 Å². The quantitative estimate of drug-likeness (QED) is 0.289. The second-order valence-corrected chi connectivity index (χ2v) is 8.45. The minimum atomic E-state index is -2.91. The van der Waals surface area contributed by atoms with Gasteiger partial charge in [0.15, 0.2) is 23.3 Å². The number of hydrogen-bond donors (Lipinski definition) is 4. The van der Waals surface area contributed by atoms with Crippen molar-refractivity contribution >= 4 is 23.0 Å². The van der Waals surface area contributed by atoms with Gasteiger partial charge >= 0.3 is 5.97 Å². The van der Waals surface area contributed by atoms with Crippen LogP contribution in [0.25, 0.3) is 11.2 Å². The Morgan fingerprint density at radius 3 is 2.67 bits per heavy atom. The number of anilines is 1. The Labute approximate surface area is 191 Å². The topological polar surface area (TPSA) is 157 Å². The molecule has 11 heteroatoms. The van der Waals surface area contributed by atoms with Gasteiger partial charge in [-0.15, -0.1) is 6.42 Å². The summed E-state index contributed by atoms with van der Waals surface area (Å²) in [6, 6.07) is 0. The van der Waals surface area contributed by atoms with Gasteiger partial charge in [0, 0.05) is 0 Å². The normalized spacial score (nSPS) is 28.1. The van der Waals surface area contributed by atoms with E-state index in [1.807, 2.05) is 0 Å². The Kier molecular flexibility index (Phi) is 7.51. The summed E-state index contributed by atoms with van der Waals surface area (Å²) in [5.41, 5.74) is 3.67. The van der Waals surface area contributed by atoms with Crippen LogP contribution in [0.3, 0.4) is 0 Å². The highest BCUT2D eigenvalue weighted by Gasteiger charge is 2.68. The molecule has 2 aromatic heterocycles. The molecule has 3 rings (SSSR count). The summed E-state index contributed by atoms with van der Waals surface area (Å²) < 4.78 is 22.5. The van der Waals surface area contributed by atoms with Crippen LogP contribution in [0.4, 0.5) is 10.2 Å². The second kappa shape index (κ2) is 9.99. The van der Waals surface area contributed by atoms with Crippen LogP contribution in [0.15, 0.2) is 12.7 Å². The van der Waals surface area contributed by atoms with Crippen molar-refractivity contribution in [1.82, 2.24) is 19.5 Å². The van der Waals surface area contributed by atoms with Crippen LogP contribution in [-0.4, -0.2) is 58.9 Å². The van der Waals surface area contributed by atoms with Gasteiger partial charge in [0.2, 0.25) is 5.85 Å². The maximum absolute atomic E-state index is 15.9. The lowest BCUT2D eigenvalue weighted by molar-refractivity contribution is -0.202. The van der Waals surface area contributed by atoms with Crippen molar-refractivity contribution in [3.05, 3.63) is 12.7 Å². The number of aliphatic hydroxyl groups is 2. The number of terminal acetylenes is 1. The number of nitrogens with zero attached hydrogens (tertiary/aromatic N) is 4. The molecule has 0 bridgehead atoms. The molecule has 5 atom stereocenters. The lowest BCUT2D eigenvalue weighted by Crippen LogP contribution is -2.51. The lowest BCUT2D eigenvalue weighted by atomic mass is 9.73. The first-order chi connectivity index (χ1) is 15.7. The Bertz CT molecular complexity index is 1030. The monoisotopic (exact) mass is 463 g/mol. The third-order valence-corrected chi connectivity index (χ3v) is 6.30. The van der Waals surface area contributed by atoms with Crippen molar-refractivity contribution in [2.45, 2.75) is 69.6 Å². The number of fused-ring (bicyclic) bond motifs is 1. The minimum absolute atomic E-state index is 0.0534. The standard InChI is InChI=1S/C22H30FN5O5/c1-3-5-6-7-8-9-10-14(19(30)31)16-21(32,4-2)20(33-22(16,23)11-29)28-13-27-15-17(24)25-12-26-18(15)28/h2,12-14,16,20,29,32H,3,5-11H2,1H3,(H,30,31)(H2,24,25,26)/t14-,16?,20?,21?,22?/m0/s1. The Hall–Kier alpha value is -2.81. The Morgan fingerprint density at radius 1 is 1.33 bits per heavy atom. The number of imidazole rings is 1. The first-order valence-electron chi connectivity index (χ1n) is 11.1. The Balaban J connectivity index is 1.96. The van der Waals surface area contributed by atoms with E-state index >= 15 is 4.39 Å². The number of alkyl halides is 1. The van der Waals surface area contributed by atoms with Gasteiger partial charge in [-0.3, -0.25) is 9.36 Å². The van der Waals surface area contributed by atoms with E-state index in [1.165, 1.54) is 10.9 Å². The molecular weight excluding hydrogens is 433 g/mol. The zero-order valence-electron chi connectivity index (χ0n) is 18.5. The van der Waals surface area contributed by atoms with Crippen LogP contribution in [0, 0.1) is 24.2 Å². The van der Waals surface area contributed by atoms with Crippen LogP contribution in [0.5, 0.6) is 0 Å². The Morgan fingerprint density at radius 2 is 2.03 bits per heavy atom. The summed E-state index contributed by atoms with van der Waals surface area (Å²) in [4.78, 5) is 24.1. The highest BCUT2D eigenvalue weighted by atomic mass is 19.2. The molecule has 2 aromatic rings. The number of nitrogen functional groups attached to an aromatic ring is 1. The van der Waals surface area contributed by atoms with Crippen molar-refractivity contribution in [3.63, 3.8) is 0 Å². The molecule has 0 aliphatic carbocycles. The SMILES string of the molecule is C#CC1(O)C(n2cnc3c(N)ncnc32)OC(F)(CO)C1[C@H](CCCCCCCC)C(=O)O. The number of rotatable bonds is 11. The molecule has 0 radical (unpaired) electrons. The molecule has 0 spiro atoms. The van der Waals surface area contributed by atoms with Crippen molar-refractivity contribution in [3.8, 4) is 12.3 Å². The summed E-state index contributed by atoms with van der Waals surface area (Å²) in [6.45, 7) is 0.902. The molecule has 3 heterocycles. The molecule has 180 valence electrons. The van der Waals surface area contributed by atoms with E-state index in [9.17, 15) is 20.1 Å².